The molecule has 1 heterocycles. The number of hydrogen-bond acceptors (Lipinski definition) is 5. The lowest BCUT2D eigenvalue weighted by Gasteiger charge is -2.12. The minimum Gasteiger partial charge on any atom is -0.489 e. The summed E-state index contributed by atoms with van der Waals surface area (Å²) in [6.07, 6.45) is 1.64. The van der Waals surface area contributed by atoms with Gasteiger partial charge in [0, 0.05) is 5.69 Å². The van der Waals surface area contributed by atoms with Gasteiger partial charge in [-0.2, -0.15) is 0 Å². The van der Waals surface area contributed by atoms with Crippen LogP contribution in [0.4, 0.5) is 10.5 Å². The van der Waals surface area contributed by atoms with Crippen LogP contribution in [0.25, 0.3) is 6.08 Å². The van der Waals surface area contributed by atoms with Crippen LogP contribution >= 0.6 is 11.8 Å². The Morgan fingerprint density at radius 1 is 1.00 bits per heavy atom. The van der Waals surface area contributed by atoms with Crippen molar-refractivity contribution in [1.82, 2.24) is 4.90 Å². The molecule has 1 N–H and O–H groups in total. The van der Waals surface area contributed by atoms with E-state index in [0.717, 1.165) is 27.8 Å². The van der Waals surface area contributed by atoms with E-state index in [2.05, 4.69) is 11.4 Å². The number of ether oxygens (including phenoxy) is 1. The van der Waals surface area contributed by atoms with E-state index in [1.165, 1.54) is 5.56 Å². The third-order valence-electron chi connectivity index (χ3n) is 4.90. The van der Waals surface area contributed by atoms with E-state index in [4.69, 9.17) is 4.74 Å². The summed E-state index contributed by atoms with van der Waals surface area (Å²) in [5.74, 6) is -0.202. The Kier molecular flexibility index (Phi) is 6.90. The van der Waals surface area contributed by atoms with Crippen LogP contribution in [0.3, 0.4) is 0 Å². The summed E-state index contributed by atoms with van der Waals surface area (Å²) in [6, 6.07) is 24.3. The van der Waals surface area contributed by atoms with E-state index >= 15 is 0 Å². The number of carbonyl (C=O) groups excluding carboxylic acids is 3. The van der Waals surface area contributed by atoms with Crippen molar-refractivity contribution in [1.29, 1.82) is 0 Å². The van der Waals surface area contributed by atoms with Gasteiger partial charge >= 0.3 is 0 Å². The summed E-state index contributed by atoms with van der Waals surface area (Å²) in [6.45, 7) is 2.17. The van der Waals surface area contributed by atoms with E-state index in [1.54, 1.807) is 30.3 Å². The van der Waals surface area contributed by atoms with Crippen molar-refractivity contribution < 1.29 is 19.1 Å². The molecule has 166 valence electrons. The number of anilines is 1. The van der Waals surface area contributed by atoms with E-state index in [9.17, 15) is 14.4 Å². The fraction of sp³-hybridized carbons (Fsp3) is 0.115. The molecule has 0 unspecified atom stereocenters. The van der Waals surface area contributed by atoms with Crippen molar-refractivity contribution in [3.8, 4) is 5.75 Å². The summed E-state index contributed by atoms with van der Waals surface area (Å²) in [5, 5.41) is 2.21. The number of thioether (sulfide) groups is 1. The molecule has 3 aromatic carbocycles. The minimum atomic E-state index is -0.479. The highest BCUT2D eigenvalue weighted by Gasteiger charge is 2.36. The molecule has 3 aromatic rings. The summed E-state index contributed by atoms with van der Waals surface area (Å²) in [4.78, 5) is 38.4. The molecule has 6 nitrogen and oxygen atoms in total. The molecule has 4 rings (SSSR count). The molecule has 0 aromatic heterocycles. The zero-order valence-electron chi connectivity index (χ0n) is 18.0. The molecule has 33 heavy (non-hydrogen) atoms. The normalized spacial score (nSPS) is 14.6. The third kappa shape index (κ3) is 5.90. The first-order valence-corrected chi connectivity index (χ1v) is 11.2. The number of nitrogens with one attached hydrogen (secondary N) is 1. The van der Waals surface area contributed by atoms with Gasteiger partial charge in [0.1, 0.15) is 18.9 Å². The average molecular weight is 459 g/mol. The summed E-state index contributed by atoms with van der Waals surface area (Å²) in [5.41, 5.74) is 3.63. The van der Waals surface area contributed by atoms with Gasteiger partial charge in [0.05, 0.1) is 4.91 Å². The van der Waals surface area contributed by atoms with Gasteiger partial charge in [0.15, 0.2) is 0 Å². The summed E-state index contributed by atoms with van der Waals surface area (Å²) in [7, 11) is 0. The second kappa shape index (κ2) is 10.2. The smallest absolute Gasteiger partial charge is 0.294 e. The predicted octanol–water partition coefficient (Wildman–Crippen LogP) is 5.25. The summed E-state index contributed by atoms with van der Waals surface area (Å²) >= 11 is 0.825. The van der Waals surface area contributed by atoms with Crippen molar-refractivity contribution in [3.05, 3.63) is 100 Å². The Morgan fingerprint density at radius 2 is 1.76 bits per heavy atom. The van der Waals surface area contributed by atoms with Crippen LogP contribution in [0, 0.1) is 6.92 Å². The fourth-order valence-electron chi connectivity index (χ4n) is 3.28. The molecule has 3 amide bonds. The molecule has 0 bridgehead atoms. The monoisotopic (exact) mass is 458 g/mol. The number of nitrogens with zero attached hydrogens (tertiary/aromatic N) is 1. The van der Waals surface area contributed by atoms with E-state index in [-0.39, 0.29) is 11.4 Å². The predicted molar refractivity (Wildman–Crippen MR) is 130 cm³/mol. The maximum Gasteiger partial charge on any atom is 0.294 e. The van der Waals surface area contributed by atoms with Gasteiger partial charge in [-0.25, -0.2) is 0 Å². The third-order valence-corrected chi connectivity index (χ3v) is 5.81. The SMILES string of the molecule is Cc1cccc(COc2ccc(/C=C3\SC(=O)N(CC(=O)Nc4ccccc4)C3=O)cc2)c1. The van der Waals surface area contributed by atoms with Gasteiger partial charge < -0.3 is 10.1 Å². The minimum absolute atomic E-state index is 0.279. The highest BCUT2D eigenvalue weighted by atomic mass is 32.2. The van der Waals surface area contributed by atoms with Crippen LogP contribution in [0.15, 0.2) is 83.8 Å². The molecule has 1 aliphatic heterocycles. The van der Waals surface area contributed by atoms with Gasteiger partial charge in [-0.05, 0) is 60.2 Å². The van der Waals surface area contributed by atoms with Crippen molar-refractivity contribution in [2.24, 2.45) is 0 Å². The van der Waals surface area contributed by atoms with E-state index in [0.29, 0.717) is 18.0 Å². The standard InChI is InChI=1S/C26H22N2O4S/c1-18-6-5-7-20(14-18)17-32-22-12-10-19(11-13-22)15-23-25(30)28(26(31)33-23)16-24(29)27-21-8-3-2-4-9-21/h2-15H,16-17H2,1H3,(H,27,29)/b23-15-. The van der Waals surface area contributed by atoms with E-state index in [1.807, 2.05) is 55.5 Å². The van der Waals surface area contributed by atoms with Gasteiger partial charge in [0.2, 0.25) is 5.91 Å². The Morgan fingerprint density at radius 3 is 2.48 bits per heavy atom. The second-order valence-electron chi connectivity index (χ2n) is 7.53. The molecular formula is C26H22N2O4S. The van der Waals surface area contributed by atoms with E-state index < -0.39 is 17.1 Å². The first-order valence-electron chi connectivity index (χ1n) is 10.4. The second-order valence-corrected chi connectivity index (χ2v) is 8.52. The first kappa shape index (κ1) is 22.4. The molecule has 1 fully saturated rings. The van der Waals surface area contributed by atoms with Crippen molar-refractivity contribution in [2.75, 3.05) is 11.9 Å². The Labute approximate surface area is 196 Å². The number of carbonyl (C=O) groups is 3. The van der Waals surface area contributed by atoms with Crippen LogP contribution in [0.1, 0.15) is 16.7 Å². The molecule has 0 spiro atoms. The molecule has 0 radical (unpaired) electrons. The topological polar surface area (TPSA) is 75.7 Å². The van der Waals surface area contributed by atoms with Crippen LogP contribution in [-0.2, 0) is 16.2 Å². The molecule has 7 heteroatoms. The molecule has 1 aliphatic rings. The maximum absolute atomic E-state index is 12.7. The van der Waals surface area contributed by atoms with Crippen LogP contribution in [0.2, 0.25) is 0 Å². The average Bonchev–Trinajstić information content (AvgIpc) is 3.06. The van der Waals surface area contributed by atoms with Crippen LogP contribution < -0.4 is 10.1 Å². The number of rotatable bonds is 7. The van der Waals surface area contributed by atoms with Crippen molar-refractivity contribution in [3.63, 3.8) is 0 Å². The highest BCUT2D eigenvalue weighted by Crippen LogP contribution is 2.32. The number of imide groups is 1. The lowest BCUT2D eigenvalue weighted by atomic mass is 10.1. The molecule has 0 atom stereocenters. The van der Waals surface area contributed by atoms with Gasteiger partial charge in [-0.3, -0.25) is 19.3 Å². The fourth-order valence-corrected chi connectivity index (χ4v) is 4.12. The van der Waals surface area contributed by atoms with Gasteiger partial charge in [0.25, 0.3) is 11.1 Å². The first-order chi connectivity index (χ1) is 16.0. The lowest BCUT2D eigenvalue weighted by Crippen LogP contribution is -2.36. The van der Waals surface area contributed by atoms with Crippen LogP contribution in [0.5, 0.6) is 5.75 Å². The largest absolute Gasteiger partial charge is 0.489 e. The summed E-state index contributed by atoms with van der Waals surface area (Å²) < 4.78 is 5.82. The number of hydrogen-bond donors (Lipinski definition) is 1. The molecule has 1 saturated heterocycles. The molecule has 0 saturated carbocycles. The molecule has 0 aliphatic carbocycles. The van der Waals surface area contributed by atoms with Gasteiger partial charge in [-0.1, -0.05) is 60.2 Å². The number of benzene rings is 3. The quantitative estimate of drug-likeness (QED) is 0.490. The Hall–Kier alpha value is -3.84. The van der Waals surface area contributed by atoms with Crippen molar-refractivity contribution >= 4 is 40.6 Å². The Bertz CT molecular complexity index is 1210. The number of amides is 3. The van der Waals surface area contributed by atoms with Gasteiger partial charge in [-0.15, -0.1) is 0 Å². The lowest BCUT2D eigenvalue weighted by molar-refractivity contribution is -0.127. The Balaban J connectivity index is 1.36. The van der Waals surface area contributed by atoms with Crippen molar-refractivity contribution in [2.45, 2.75) is 13.5 Å². The zero-order valence-corrected chi connectivity index (χ0v) is 18.8. The number of para-hydroxylation sites is 1. The molecular weight excluding hydrogens is 436 g/mol. The van der Waals surface area contributed by atoms with Crippen LogP contribution in [-0.4, -0.2) is 28.5 Å². The zero-order chi connectivity index (χ0) is 23.2. The highest BCUT2D eigenvalue weighted by molar-refractivity contribution is 8.18. The maximum atomic E-state index is 12.7. The number of aryl methyl sites for hydroxylation is 1.